The number of fused-ring (bicyclic) bond motifs is 3. The molecule has 6 nitrogen and oxygen atoms in total. The largest absolute Gasteiger partial charge is 0.275 e. The number of hydrogen-bond acceptors (Lipinski definition) is 4. The fourth-order valence-electron chi connectivity index (χ4n) is 3.72. The summed E-state index contributed by atoms with van der Waals surface area (Å²) in [6, 6.07) is 20.4. The molecule has 0 unspecified atom stereocenters. The van der Waals surface area contributed by atoms with E-state index >= 15 is 0 Å². The average Bonchev–Trinajstić information content (AvgIpc) is 3.31. The lowest BCUT2D eigenvalue weighted by Gasteiger charge is -2.09. The first-order chi connectivity index (χ1) is 14.2. The van der Waals surface area contributed by atoms with Crippen molar-refractivity contribution in [1.82, 2.24) is 29.4 Å². The van der Waals surface area contributed by atoms with Gasteiger partial charge in [0, 0.05) is 19.5 Å². The number of nitrogens with zero attached hydrogens (tertiary/aromatic N) is 6. The smallest absolute Gasteiger partial charge is 0.189 e. The molecule has 0 amide bonds. The standard InChI is InChI=1S/C22H19ClN6/c1-28-18(14-19(23)27-28)21-22-26-25-20(13-7-10-15-8-3-2-4-9-15)29(22)17-12-6-5-11-16(17)24-21/h2-6,8-9,11-12,14H,7,10,13H2,1H3. The number of rotatable bonds is 5. The van der Waals surface area contributed by atoms with Crippen LogP contribution in [0.25, 0.3) is 28.1 Å². The van der Waals surface area contributed by atoms with E-state index in [-0.39, 0.29) is 0 Å². The molecule has 0 saturated heterocycles. The maximum Gasteiger partial charge on any atom is 0.189 e. The van der Waals surface area contributed by atoms with E-state index in [1.165, 1.54) is 5.56 Å². The van der Waals surface area contributed by atoms with Crippen molar-refractivity contribution < 1.29 is 0 Å². The zero-order chi connectivity index (χ0) is 19.8. The number of aryl methyl sites for hydroxylation is 3. The Hall–Kier alpha value is -3.25. The van der Waals surface area contributed by atoms with Crippen LogP contribution >= 0.6 is 11.6 Å². The lowest BCUT2D eigenvalue weighted by molar-refractivity contribution is 0.764. The van der Waals surface area contributed by atoms with Gasteiger partial charge < -0.3 is 0 Å². The molecule has 0 N–H and O–H groups in total. The molecule has 0 aliphatic carbocycles. The van der Waals surface area contributed by atoms with Gasteiger partial charge in [-0.2, -0.15) is 5.10 Å². The number of para-hydroxylation sites is 2. The molecule has 0 aliphatic heterocycles. The van der Waals surface area contributed by atoms with Gasteiger partial charge in [0.15, 0.2) is 10.8 Å². The van der Waals surface area contributed by atoms with Crippen LogP contribution < -0.4 is 0 Å². The molecule has 5 aromatic rings. The number of benzene rings is 2. The Bertz CT molecular complexity index is 1310. The Balaban J connectivity index is 1.60. The van der Waals surface area contributed by atoms with Gasteiger partial charge in [0.2, 0.25) is 0 Å². The molecule has 0 spiro atoms. The second-order valence-electron chi connectivity index (χ2n) is 7.04. The first-order valence-corrected chi connectivity index (χ1v) is 9.95. The summed E-state index contributed by atoms with van der Waals surface area (Å²) in [5, 5.41) is 13.7. The van der Waals surface area contributed by atoms with Crippen molar-refractivity contribution in [2.45, 2.75) is 19.3 Å². The van der Waals surface area contributed by atoms with Gasteiger partial charge in [0.1, 0.15) is 11.5 Å². The van der Waals surface area contributed by atoms with Crippen molar-refractivity contribution in [2.24, 2.45) is 7.05 Å². The molecule has 7 heteroatoms. The number of halogens is 1. The summed E-state index contributed by atoms with van der Waals surface area (Å²) >= 11 is 6.11. The van der Waals surface area contributed by atoms with Crippen molar-refractivity contribution in [3.8, 4) is 11.4 Å². The fraction of sp³-hybridized carbons (Fsp3) is 0.182. The summed E-state index contributed by atoms with van der Waals surface area (Å²) < 4.78 is 3.84. The molecule has 3 aromatic heterocycles. The minimum absolute atomic E-state index is 0.429. The van der Waals surface area contributed by atoms with Crippen molar-refractivity contribution >= 4 is 28.3 Å². The van der Waals surface area contributed by atoms with Gasteiger partial charge in [-0.15, -0.1) is 10.2 Å². The maximum absolute atomic E-state index is 6.11. The minimum Gasteiger partial charge on any atom is -0.275 e. The SMILES string of the molecule is Cn1nc(Cl)cc1-c1nc2ccccc2n2c(CCCc3ccccc3)nnc12. The third-order valence-corrected chi connectivity index (χ3v) is 5.28. The molecule has 2 aromatic carbocycles. The minimum atomic E-state index is 0.429. The summed E-state index contributed by atoms with van der Waals surface area (Å²) in [4.78, 5) is 4.85. The summed E-state index contributed by atoms with van der Waals surface area (Å²) in [5.41, 5.74) is 5.48. The van der Waals surface area contributed by atoms with Crippen LogP contribution in [0.5, 0.6) is 0 Å². The van der Waals surface area contributed by atoms with Gasteiger partial charge in [-0.1, -0.05) is 54.1 Å². The monoisotopic (exact) mass is 402 g/mol. The van der Waals surface area contributed by atoms with Crippen molar-refractivity contribution in [3.63, 3.8) is 0 Å². The molecule has 0 fully saturated rings. The zero-order valence-electron chi connectivity index (χ0n) is 16.0. The Morgan fingerprint density at radius 1 is 0.931 bits per heavy atom. The zero-order valence-corrected chi connectivity index (χ0v) is 16.7. The molecule has 144 valence electrons. The van der Waals surface area contributed by atoms with Crippen LogP contribution in [0.2, 0.25) is 5.15 Å². The van der Waals surface area contributed by atoms with Gasteiger partial charge in [-0.05, 0) is 30.5 Å². The van der Waals surface area contributed by atoms with Crippen LogP contribution in [-0.4, -0.2) is 29.4 Å². The van der Waals surface area contributed by atoms with E-state index in [2.05, 4.69) is 50.0 Å². The van der Waals surface area contributed by atoms with E-state index in [9.17, 15) is 0 Å². The first-order valence-electron chi connectivity index (χ1n) is 9.57. The van der Waals surface area contributed by atoms with E-state index in [1.54, 1.807) is 4.68 Å². The van der Waals surface area contributed by atoms with Crippen LogP contribution in [-0.2, 0) is 19.9 Å². The molecule has 3 heterocycles. The van der Waals surface area contributed by atoms with Crippen LogP contribution in [0.4, 0.5) is 0 Å². The third-order valence-electron chi connectivity index (χ3n) is 5.10. The number of aromatic nitrogens is 6. The topological polar surface area (TPSA) is 60.9 Å². The van der Waals surface area contributed by atoms with Crippen LogP contribution in [0.3, 0.4) is 0 Å². The normalized spacial score (nSPS) is 11.5. The molecule has 0 saturated carbocycles. The molecule has 0 radical (unpaired) electrons. The van der Waals surface area contributed by atoms with E-state index in [0.717, 1.165) is 53.2 Å². The van der Waals surface area contributed by atoms with Gasteiger partial charge >= 0.3 is 0 Å². The molecule has 0 aliphatic rings. The molecular formula is C22H19ClN6. The Morgan fingerprint density at radius 3 is 2.52 bits per heavy atom. The second-order valence-corrected chi connectivity index (χ2v) is 7.43. The second kappa shape index (κ2) is 7.29. The van der Waals surface area contributed by atoms with Crippen molar-refractivity contribution in [3.05, 3.63) is 77.2 Å². The predicted octanol–water partition coefficient (Wildman–Crippen LogP) is 4.51. The maximum atomic E-state index is 6.11. The van der Waals surface area contributed by atoms with E-state index in [0.29, 0.717) is 5.15 Å². The summed E-state index contributed by atoms with van der Waals surface area (Å²) in [6.07, 6.45) is 2.83. The van der Waals surface area contributed by atoms with Crippen LogP contribution in [0.15, 0.2) is 60.7 Å². The quantitative estimate of drug-likeness (QED) is 0.434. The highest BCUT2D eigenvalue weighted by molar-refractivity contribution is 6.29. The first kappa shape index (κ1) is 17.8. The third kappa shape index (κ3) is 3.25. The highest BCUT2D eigenvalue weighted by atomic mass is 35.5. The molecule has 5 rings (SSSR count). The van der Waals surface area contributed by atoms with E-state index in [4.69, 9.17) is 16.6 Å². The van der Waals surface area contributed by atoms with E-state index < -0.39 is 0 Å². The van der Waals surface area contributed by atoms with Crippen LogP contribution in [0.1, 0.15) is 17.8 Å². The van der Waals surface area contributed by atoms with Gasteiger partial charge in [-0.25, -0.2) is 4.98 Å². The van der Waals surface area contributed by atoms with Gasteiger partial charge in [0.25, 0.3) is 0 Å². The summed E-state index contributed by atoms with van der Waals surface area (Å²) in [7, 11) is 1.85. The van der Waals surface area contributed by atoms with E-state index in [1.807, 2.05) is 37.4 Å². The van der Waals surface area contributed by atoms with Crippen molar-refractivity contribution in [1.29, 1.82) is 0 Å². The number of hydrogen-bond donors (Lipinski definition) is 0. The van der Waals surface area contributed by atoms with Gasteiger partial charge in [-0.3, -0.25) is 9.08 Å². The molecule has 0 bridgehead atoms. The van der Waals surface area contributed by atoms with Gasteiger partial charge in [0.05, 0.1) is 16.7 Å². The highest BCUT2D eigenvalue weighted by Gasteiger charge is 2.18. The Labute approximate surface area is 172 Å². The van der Waals surface area contributed by atoms with Crippen LogP contribution in [0, 0.1) is 0 Å². The predicted molar refractivity (Wildman–Crippen MR) is 114 cm³/mol. The molecule has 29 heavy (non-hydrogen) atoms. The lowest BCUT2D eigenvalue weighted by Crippen LogP contribution is -2.03. The highest BCUT2D eigenvalue weighted by Crippen LogP contribution is 2.28. The van der Waals surface area contributed by atoms with Crippen molar-refractivity contribution in [2.75, 3.05) is 0 Å². The average molecular weight is 403 g/mol. The fourth-order valence-corrected chi connectivity index (χ4v) is 3.94. The summed E-state index contributed by atoms with van der Waals surface area (Å²) in [5.74, 6) is 0.934. The molecule has 0 atom stereocenters. The Morgan fingerprint density at radius 2 is 1.72 bits per heavy atom. The lowest BCUT2D eigenvalue weighted by atomic mass is 10.1. The Kier molecular flexibility index (Phi) is 4.48. The summed E-state index contributed by atoms with van der Waals surface area (Å²) in [6.45, 7) is 0. The molecular weight excluding hydrogens is 384 g/mol.